The third-order valence-electron chi connectivity index (χ3n) is 2.26. The predicted molar refractivity (Wildman–Crippen MR) is 75.6 cm³/mol. The van der Waals surface area contributed by atoms with E-state index in [0.717, 1.165) is 11.3 Å². The van der Waals surface area contributed by atoms with Gasteiger partial charge in [0.25, 0.3) is 0 Å². The predicted octanol–water partition coefficient (Wildman–Crippen LogP) is 5.28. The molecule has 0 bridgehead atoms. The Morgan fingerprint density at radius 3 is 2.65 bits per heavy atom. The highest BCUT2D eigenvalue weighted by Gasteiger charge is 2.13. The summed E-state index contributed by atoms with van der Waals surface area (Å²) in [6.07, 6.45) is 1.65. The molecule has 0 aliphatic rings. The van der Waals surface area contributed by atoms with Crippen LogP contribution in [0.3, 0.4) is 0 Å². The molecule has 1 unspecified atom stereocenters. The van der Waals surface area contributed by atoms with E-state index >= 15 is 0 Å². The molecule has 0 aliphatic carbocycles. The molecule has 17 heavy (non-hydrogen) atoms. The zero-order valence-electron chi connectivity index (χ0n) is 8.88. The average molecular weight is 308 g/mol. The summed E-state index contributed by atoms with van der Waals surface area (Å²) in [5.74, 6) is 0. The molecule has 0 saturated heterocycles. The van der Waals surface area contributed by atoms with Crippen molar-refractivity contribution in [3.8, 4) is 0 Å². The smallest absolute Gasteiger partial charge is 0.131 e. The highest BCUT2D eigenvalue weighted by Crippen LogP contribution is 2.36. The molecule has 0 saturated carbocycles. The Labute approximate surface area is 119 Å². The van der Waals surface area contributed by atoms with Gasteiger partial charge in [-0.25, -0.2) is 4.98 Å². The quantitative estimate of drug-likeness (QED) is 0.781. The van der Waals surface area contributed by atoms with Crippen LogP contribution in [0.1, 0.15) is 18.5 Å². The van der Waals surface area contributed by atoms with Gasteiger partial charge in [0.05, 0.1) is 14.7 Å². The van der Waals surface area contributed by atoms with Crippen LogP contribution in [-0.2, 0) is 0 Å². The van der Waals surface area contributed by atoms with Crippen molar-refractivity contribution in [3.05, 3.63) is 43.8 Å². The fraction of sp³-hybridized carbons (Fsp3) is 0.182. The fourth-order valence-corrected chi connectivity index (χ4v) is 3.29. The summed E-state index contributed by atoms with van der Waals surface area (Å²) in [4.78, 5) is 3.92. The van der Waals surface area contributed by atoms with Gasteiger partial charge >= 0.3 is 0 Å². The lowest BCUT2D eigenvalue weighted by Crippen LogP contribution is -2.05. The highest BCUT2D eigenvalue weighted by molar-refractivity contribution is 7.20. The molecule has 0 amide bonds. The number of anilines is 1. The summed E-state index contributed by atoms with van der Waals surface area (Å²) in [5.41, 5.74) is 1.88. The molecule has 0 aliphatic heterocycles. The zero-order chi connectivity index (χ0) is 12.4. The first-order valence-corrected chi connectivity index (χ1v) is 6.84. The molecule has 2 aromatic rings. The van der Waals surface area contributed by atoms with Crippen molar-refractivity contribution in [2.75, 3.05) is 5.32 Å². The molecule has 2 aromatic heterocycles. The average Bonchev–Trinajstić information content (AvgIpc) is 2.58. The number of hydrogen-bond acceptors (Lipinski definition) is 3. The van der Waals surface area contributed by atoms with Crippen LogP contribution in [-0.4, -0.2) is 4.98 Å². The summed E-state index contributed by atoms with van der Waals surface area (Å²) >= 11 is 19.2. The third kappa shape index (κ3) is 3.26. The molecule has 1 atom stereocenters. The van der Waals surface area contributed by atoms with Gasteiger partial charge in [0.15, 0.2) is 0 Å². The largest absolute Gasteiger partial charge is 0.378 e. The molecule has 6 heteroatoms. The van der Waals surface area contributed by atoms with Gasteiger partial charge < -0.3 is 5.32 Å². The van der Waals surface area contributed by atoms with Gasteiger partial charge in [-0.3, -0.25) is 0 Å². The van der Waals surface area contributed by atoms with Gasteiger partial charge in [-0.1, -0.05) is 34.8 Å². The van der Waals surface area contributed by atoms with Crippen LogP contribution in [0.25, 0.3) is 0 Å². The van der Waals surface area contributed by atoms with E-state index in [0.29, 0.717) is 13.8 Å². The van der Waals surface area contributed by atoms with Crippen LogP contribution in [0.4, 0.5) is 5.69 Å². The molecule has 90 valence electrons. The number of thiophene rings is 1. The lowest BCUT2D eigenvalue weighted by molar-refractivity contribution is 0.890. The SMILES string of the molecule is CC(Nc1ccnc(Cl)c1)c1cc(Cl)sc1Cl. The molecule has 1 N–H and O–H groups in total. The molecule has 2 nitrogen and oxygen atoms in total. The van der Waals surface area contributed by atoms with E-state index in [1.807, 2.05) is 19.1 Å². The van der Waals surface area contributed by atoms with Crippen molar-refractivity contribution >= 4 is 51.8 Å². The van der Waals surface area contributed by atoms with Crippen molar-refractivity contribution in [2.24, 2.45) is 0 Å². The lowest BCUT2D eigenvalue weighted by atomic mass is 10.2. The second-order valence-corrected chi connectivity index (χ2v) is 6.19. The summed E-state index contributed by atoms with van der Waals surface area (Å²) in [6, 6.07) is 5.55. The Balaban J connectivity index is 2.16. The van der Waals surface area contributed by atoms with E-state index in [4.69, 9.17) is 34.8 Å². The van der Waals surface area contributed by atoms with Crippen LogP contribution < -0.4 is 5.32 Å². The first-order valence-electron chi connectivity index (χ1n) is 4.89. The number of rotatable bonds is 3. The highest BCUT2D eigenvalue weighted by atomic mass is 35.5. The minimum Gasteiger partial charge on any atom is -0.378 e. The van der Waals surface area contributed by atoms with E-state index in [-0.39, 0.29) is 6.04 Å². The summed E-state index contributed by atoms with van der Waals surface area (Å²) in [5, 5.41) is 3.75. The molecule has 0 fully saturated rings. The monoisotopic (exact) mass is 306 g/mol. The van der Waals surface area contributed by atoms with Gasteiger partial charge in [-0.2, -0.15) is 0 Å². The number of nitrogens with one attached hydrogen (secondary N) is 1. The lowest BCUT2D eigenvalue weighted by Gasteiger charge is -2.14. The number of nitrogens with zero attached hydrogens (tertiary/aromatic N) is 1. The van der Waals surface area contributed by atoms with Gasteiger partial charge in [0.1, 0.15) is 5.15 Å². The van der Waals surface area contributed by atoms with Crippen molar-refractivity contribution in [1.82, 2.24) is 4.98 Å². The van der Waals surface area contributed by atoms with E-state index in [9.17, 15) is 0 Å². The minimum absolute atomic E-state index is 0.0599. The summed E-state index contributed by atoms with van der Waals surface area (Å²) < 4.78 is 1.39. The Hall–Kier alpha value is -0.480. The number of hydrogen-bond donors (Lipinski definition) is 1. The Bertz CT molecular complexity index is 527. The third-order valence-corrected chi connectivity index (χ3v) is 3.98. The summed E-state index contributed by atoms with van der Waals surface area (Å²) in [7, 11) is 0. The van der Waals surface area contributed by atoms with Crippen molar-refractivity contribution in [3.63, 3.8) is 0 Å². The molecular formula is C11H9Cl3N2S. The van der Waals surface area contributed by atoms with Gasteiger partial charge in [-0.15, -0.1) is 11.3 Å². The second-order valence-electron chi connectivity index (χ2n) is 3.51. The maximum atomic E-state index is 6.09. The molecular weight excluding hydrogens is 299 g/mol. The zero-order valence-corrected chi connectivity index (χ0v) is 12.0. The minimum atomic E-state index is 0.0599. The number of halogens is 3. The normalized spacial score (nSPS) is 12.5. The van der Waals surface area contributed by atoms with Crippen LogP contribution in [0.2, 0.25) is 13.8 Å². The van der Waals surface area contributed by atoms with Crippen LogP contribution in [0.15, 0.2) is 24.4 Å². The molecule has 0 aromatic carbocycles. The maximum Gasteiger partial charge on any atom is 0.131 e. The van der Waals surface area contributed by atoms with Crippen LogP contribution in [0, 0.1) is 0 Å². The molecule has 2 rings (SSSR count). The fourth-order valence-electron chi connectivity index (χ4n) is 1.47. The van der Waals surface area contributed by atoms with Crippen LogP contribution >= 0.6 is 46.1 Å². The molecule has 2 heterocycles. The molecule has 0 spiro atoms. The van der Waals surface area contributed by atoms with E-state index in [2.05, 4.69) is 10.3 Å². The van der Waals surface area contributed by atoms with Gasteiger partial charge in [-0.05, 0) is 25.1 Å². The Morgan fingerprint density at radius 1 is 1.29 bits per heavy atom. The number of pyridine rings is 1. The Kier molecular flexibility index (Phi) is 4.15. The maximum absolute atomic E-state index is 6.09. The first-order chi connectivity index (χ1) is 8.06. The molecule has 0 radical (unpaired) electrons. The Morgan fingerprint density at radius 2 is 2.06 bits per heavy atom. The van der Waals surface area contributed by atoms with Gasteiger partial charge in [0.2, 0.25) is 0 Å². The number of aromatic nitrogens is 1. The van der Waals surface area contributed by atoms with Crippen molar-refractivity contribution < 1.29 is 0 Å². The standard InChI is InChI=1S/C11H9Cl3N2S/c1-6(8-5-10(13)17-11(8)14)16-7-2-3-15-9(12)4-7/h2-6H,1H3,(H,15,16). The van der Waals surface area contributed by atoms with Crippen molar-refractivity contribution in [2.45, 2.75) is 13.0 Å². The van der Waals surface area contributed by atoms with E-state index in [1.54, 1.807) is 12.3 Å². The second kappa shape index (κ2) is 5.44. The topological polar surface area (TPSA) is 24.9 Å². The van der Waals surface area contributed by atoms with Crippen molar-refractivity contribution in [1.29, 1.82) is 0 Å². The van der Waals surface area contributed by atoms with Gasteiger partial charge in [0, 0.05) is 17.4 Å². The van der Waals surface area contributed by atoms with E-state index in [1.165, 1.54) is 11.3 Å². The van der Waals surface area contributed by atoms with Crippen LogP contribution in [0.5, 0.6) is 0 Å². The first kappa shape index (κ1) is 13.0. The summed E-state index contributed by atoms with van der Waals surface area (Å²) in [6.45, 7) is 2.01. The van der Waals surface area contributed by atoms with E-state index < -0.39 is 0 Å².